The molecular formula is C16H13ClN2O2. The lowest BCUT2D eigenvalue weighted by molar-refractivity contribution is -0.136. The Balaban J connectivity index is 2.18. The van der Waals surface area contributed by atoms with Gasteiger partial charge in [0.1, 0.15) is 0 Å². The number of benzene rings is 1. The van der Waals surface area contributed by atoms with Crippen LogP contribution in [-0.2, 0) is 11.2 Å². The first-order valence-corrected chi connectivity index (χ1v) is 6.96. The molecule has 0 amide bonds. The summed E-state index contributed by atoms with van der Waals surface area (Å²) < 4.78 is 0. The lowest BCUT2D eigenvalue weighted by Gasteiger charge is -2.03. The normalized spacial score (nSPS) is 10.9. The van der Waals surface area contributed by atoms with E-state index in [0.717, 1.165) is 27.9 Å². The van der Waals surface area contributed by atoms with Crippen LogP contribution in [0.3, 0.4) is 0 Å². The summed E-state index contributed by atoms with van der Waals surface area (Å²) in [5, 5.41) is 10.5. The maximum Gasteiger partial charge on any atom is 0.303 e. The average molecular weight is 301 g/mol. The Morgan fingerprint density at radius 3 is 2.86 bits per heavy atom. The fourth-order valence-corrected chi connectivity index (χ4v) is 2.61. The van der Waals surface area contributed by atoms with E-state index >= 15 is 0 Å². The van der Waals surface area contributed by atoms with Crippen molar-refractivity contribution >= 4 is 28.5 Å². The van der Waals surface area contributed by atoms with E-state index in [1.165, 1.54) is 0 Å². The van der Waals surface area contributed by atoms with Crippen molar-refractivity contribution in [3.8, 4) is 11.4 Å². The summed E-state index contributed by atoms with van der Waals surface area (Å²) in [5.74, 6) is -0.821. The second kappa shape index (κ2) is 5.58. The lowest BCUT2D eigenvalue weighted by Crippen LogP contribution is -1.98. The third-order valence-corrected chi connectivity index (χ3v) is 3.61. The summed E-state index contributed by atoms with van der Waals surface area (Å²) in [6, 6.07) is 11.2. The Kier molecular flexibility index (Phi) is 3.62. The molecule has 0 fully saturated rings. The van der Waals surface area contributed by atoms with E-state index in [2.05, 4.69) is 9.97 Å². The molecule has 0 spiro atoms. The monoisotopic (exact) mass is 300 g/mol. The van der Waals surface area contributed by atoms with Crippen LogP contribution in [0.1, 0.15) is 12.0 Å². The fourth-order valence-electron chi connectivity index (χ4n) is 2.44. The van der Waals surface area contributed by atoms with E-state index in [1.54, 1.807) is 6.20 Å². The summed E-state index contributed by atoms with van der Waals surface area (Å²) in [6.07, 6.45) is 2.22. The van der Waals surface area contributed by atoms with Gasteiger partial charge in [0.15, 0.2) is 0 Å². The number of aromatic nitrogens is 2. The molecule has 0 aliphatic heterocycles. The summed E-state index contributed by atoms with van der Waals surface area (Å²) in [4.78, 5) is 18.6. The van der Waals surface area contributed by atoms with E-state index < -0.39 is 5.97 Å². The van der Waals surface area contributed by atoms with Crippen LogP contribution in [-0.4, -0.2) is 21.0 Å². The van der Waals surface area contributed by atoms with Gasteiger partial charge in [-0.3, -0.25) is 9.78 Å². The van der Waals surface area contributed by atoms with E-state index in [4.69, 9.17) is 16.7 Å². The summed E-state index contributed by atoms with van der Waals surface area (Å²) in [5.41, 5.74) is 3.52. The number of fused-ring (bicyclic) bond motifs is 1. The maximum absolute atomic E-state index is 10.9. The molecule has 2 N–H and O–H groups in total. The number of hydrogen-bond donors (Lipinski definition) is 2. The average Bonchev–Trinajstić information content (AvgIpc) is 2.84. The van der Waals surface area contributed by atoms with Crippen LogP contribution in [0.25, 0.3) is 22.3 Å². The quantitative estimate of drug-likeness (QED) is 0.768. The number of hydrogen-bond acceptors (Lipinski definition) is 2. The van der Waals surface area contributed by atoms with Gasteiger partial charge >= 0.3 is 5.97 Å². The van der Waals surface area contributed by atoms with E-state index in [-0.39, 0.29) is 6.42 Å². The van der Waals surface area contributed by atoms with Crippen LogP contribution in [0, 0.1) is 0 Å². The van der Waals surface area contributed by atoms with Gasteiger partial charge in [0.25, 0.3) is 0 Å². The highest BCUT2D eigenvalue weighted by atomic mass is 35.5. The summed E-state index contributed by atoms with van der Waals surface area (Å²) in [6.45, 7) is 0. The van der Waals surface area contributed by atoms with E-state index in [0.29, 0.717) is 11.4 Å². The third kappa shape index (κ3) is 2.76. The number of aromatic amines is 1. The molecule has 0 radical (unpaired) electrons. The first-order valence-electron chi connectivity index (χ1n) is 6.58. The van der Waals surface area contributed by atoms with Gasteiger partial charge < -0.3 is 10.1 Å². The molecule has 3 rings (SSSR count). The molecule has 0 saturated carbocycles. The number of pyridine rings is 1. The third-order valence-electron chi connectivity index (χ3n) is 3.38. The Morgan fingerprint density at radius 1 is 1.29 bits per heavy atom. The Hall–Kier alpha value is -2.33. The standard InChI is InChI=1S/C16H13ClN2O2/c17-10-4-6-13-12(9-10)11(5-7-15(20)21)16(19-13)14-3-1-2-8-18-14/h1-4,6,8-9,19H,5,7H2,(H,20,21). The molecule has 4 nitrogen and oxygen atoms in total. The van der Waals surface area contributed by atoms with Crippen LogP contribution in [0.15, 0.2) is 42.6 Å². The number of nitrogens with zero attached hydrogens (tertiary/aromatic N) is 1. The SMILES string of the molecule is O=C(O)CCc1c(-c2ccccn2)[nH]c2ccc(Cl)cc12. The number of H-pyrrole nitrogens is 1. The van der Waals surface area contributed by atoms with Gasteiger partial charge in [0.2, 0.25) is 0 Å². The number of nitrogens with one attached hydrogen (secondary N) is 1. The molecule has 21 heavy (non-hydrogen) atoms. The summed E-state index contributed by atoms with van der Waals surface area (Å²) in [7, 11) is 0. The maximum atomic E-state index is 10.9. The van der Waals surface area contributed by atoms with Gasteiger partial charge in [-0.1, -0.05) is 17.7 Å². The fraction of sp³-hybridized carbons (Fsp3) is 0.125. The molecule has 0 aliphatic rings. The molecule has 0 aliphatic carbocycles. The van der Waals surface area contributed by atoms with Crippen molar-refractivity contribution < 1.29 is 9.90 Å². The molecule has 0 unspecified atom stereocenters. The lowest BCUT2D eigenvalue weighted by atomic mass is 10.0. The van der Waals surface area contributed by atoms with Gasteiger partial charge in [-0.2, -0.15) is 0 Å². The van der Waals surface area contributed by atoms with Gasteiger partial charge in [-0.15, -0.1) is 0 Å². The minimum Gasteiger partial charge on any atom is -0.481 e. The van der Waals surface area contributed by atoms with Crippen LogP contribution in [0.5, 0.6) is 0 Å². The molecule has 106 valence electrons. The molecule has 0 saturated heterocycles. The van der Waals surface area contributed by atoms with Crippen molar-refractivity contribution in [3.63, 3.8) is 0 Å². The molecule has 0 bridgehead atoms. The second-order valence-corrected chi connectivity index (χ2v) is 5.21. The van der Waals surface area contributed by atoms with Crippen molar-refractivity contribution in [1.29, 1.82) is 0 Å². The van der Waals surface area contributed by atoms with Crippen molar-refractivity contribution in [2.75, 3.05) is 0 Å². The van der Waals surface area contributed by atoms with Gasteiger partial charge in [-0.25, -0.2) is 0 Å². The molecule has 5 heteroatoms. The van der Waals surface area contributed by atoms with Crippen LogP contribution >= 0.6 is 11.6 Å². The van der Waals surface area contributed by atoms with Crippen molar-refractivity contribution in [1.82, 2.24) is 9.97 Å². The molecule has 0 atom stereocenters. The minimum absolute atomic E-state index is 0.0688. The van der Waals surface area contributed by atoms with E-state index in [1.807, 2.05) is 36.4 Å². The molecule has 2 aromatic heterocycles. The number of carbonyl (C=O) groups is 1. The second-order valence-electron chi connectivity index (χ2n) is 4.78. The number of aryl methyl sites for hydroxylation is 1. The Morgan fingerprint density at radius 2 is 2.14 bits per heavy atom. The number of rotatable bonds is 4. The number of aliphatic carboxylic acids is 1. The van der Waals surface area contributed by atoms with Gasteiger partial charge in [0, 0.05) is 28.5 Å². The molecular weight excluding hydrogens is 288 g/mol. The topological polar surface area (TPSA) is 66.0 Å². The number of halogens is 1. The highest BCUT2D eigenvalue weighted by Crippen LogP contribution is 2.31. The van der Waals surface area contributed by atoms with E-state index in [9.17, 15) is 4.79 Å². The minimum atomic E-state index is -0.821. The smallest absolute Gasteiger partial charge is 0.303 e. The number of carboxylic acids is 1. The van der Waals surface area contributed by atoms with Crippen LogP contribution < -0.4 is 0 Å². The first-order chi connectivity index (χ1) is 10.1. The molecule has 3 aromatic rings. The molecule has 1 aromatic carbocycles. The zero-order valence-corrected chi connectivity index (χ0v) is 11.9. The van der Waals surface area contributed by atoms with Crippen molar-refractivity contribution in [2.24, 2.45) is 0 Å². The van der Waals surface area contributed by atoms with Crippen LogP contribution in [0.4, 0.5) is 0 Å². The first kappa shape index (κ1) is 13.6. The van der Waals surface area contributed by atoms with Crippen LogP contribution in [0.2, 0.25) is 5.02 Å². The zero-order valence-electron chi connectivity index (χ0n) is 11.1. The highest BCUT2D eigenvalue weighted by molar-refractivity contribution is 6.31. The zero-order chi connectivity index (χ0) is 14.8. The summed E-state index contributed by atoms with van der Waals surface area (Å²) >= 11 is 6.06. The predicted molar refractivity (Wildman–Crippen MR) is 82.5 cm³/mol. The predicted octanol–water partition coefficient (Wildman–Crippen LogP) is 3.90. The highest BCUT2D eigenvalue weighted by Gasteiger charge is 2.15. The van der Waals surface area contributed by atoms with Gasteiger partial charge in [0.05, 0.1) is 11.4 Å². The van der Waals surface area contributed by atoms with Gasteiger partial charge in [-0.05, 0) is 42.3 Å². The number of carboxylic acid groups (broad SMARTS) is 1. The van der Waals surface area contributed by atoms with Crippen molar-refractivity contribution in [2.45, 2.75) is 12.8 Å². The van der Waals surface area contributed by atoms with Crippen molar-refractivity contribution in [3.05, 3.63) is 53.2 Å². The largest absolute Gasteiger partial charge is 0.481 e. The Bertz CT molecular complexity index is 797. The Labute approximate surface area is 126 Å². The molecule has 2 heterocycles.